The number of carbonyl (C=O) groups excluding carboxylic acids is 2. The van der Waals surface area contributed by atoms with Crippen molar-refractivity contribution in [3.8, 4) is 5.75 Å². The first kappa shape index (κ1) is 24.9. The fourth-order valence-electron chi connectivity index (χ4n) is 3.31. The minimum absolute atomic E-state index is 0.115. The molecule has 8 heteroatoms. The Labute approximate surface area is 208 Å². The first-order chi connectivity index (χ1) is 15.9. The molecule has 3 aromatic carbocycles. The number of nitrogens with zero attached hydrogens (tertiary/aromatic N) is 1. The molecule has 33 heavy (non-hydrogen) atoms. The molecule has 0 spiro atoms. The van der Waals surface area contributed by atoms with Crippen molar-refractivity contribution in [2.75, 3.05) is 13.7 Å². The van der Waals surface area contributed by atoms with Crippen LogP contribution >= 0.6 is 34.8 Å². The van der Waals surface area contributed by atoms with Crippen LogP contribution in [0.25, 0.3) is 0 Å². The second-order valence-electron chi connectivity index (χ2n) is 7.32. The molecule has 0 aliphatic carbocycles. The van der Waals surface area contributed by atoms with Crippen molar-refractivity contribution in [2.45, 2.75) is 19.0 Å². The lowest BCUT2D eigenvalue weighted by Gasteiger charge is -2.31. The maximum atomic E-state index is 13.3. The van der Waals surface area contributed by atoms with Crippen LogP contribution in [-0.2, 0) is 22.6 Å². The van der Waals surface area contributed by atoms with Crippen LogP contribution in [0.2, 0.25) is 15.1 Å². The number of nitrogens with one attached hydrogen (secondary N) is 1. The molecular weight excluding hydrogens is 483 g/mol. The molecule has 0 bridgehead atoms. The number of rotatable bonds is 9. The van der Waals surface area contributed by atoms with E-state index in [0.29, 0.717) is 32.8 Å². The van der Waals surface area contributed by atoms with E-state index in [4.69, 9.17) is 39.5 Å². The molecule has 5 nitrogen and oxygen atoms in total. The summed E-state index contributed by atoms with van der Waals surface area (Å²) in [5, 5.41) is 4.13. The Bertz CT molecular complexity index is 1090. The molecule has 0 fully saturated rings. The third-order valence-corrected chi connectivity index (χ3v) is 5.89. The molecule has 2 amide bonds. The fraction of sp³-hybridized carbons (Fsp3) is 0.200. The van der Waals surface area contributed by atoms with E-state index in [-0.39, 0.29) is 25.0 Å². The van der Waals surface area contributed by atoms with Gasteiger partial charge >= 0.3 is 0 Å². The van der Waals surface area contributed by atoms with Gasteiger partial charge in [-0.05, 0) is 47.5 Å². The van der Waals surface area contributed by atoms with Crippen LogP contribution in [0.15, 0.2) is 72.8 Å². The van der Waals surface area contributed by atoms with E-state index in [2.05, 4.69) is 5.32 Å². The van der Waals surface area contributed by atoms with Crippen LogP contribution in [0.3, 0.4) is 0 Å². The maximum Gasteiger partial charge on any atom is 0.261 e. The Morgan fingerprint density at radius 3 is 2.24 bits per heavy atom. The normalized spacial score (nSPS) is 11.5. The van der Waals surface area contributed by atoms with E-state index in [1.807, 2.05) is 30.3 Å². The summed E-state index contributed by atoms with van der Waals surface area (Å²) in [5.41, 5.74) is 1.59. The van der Waals surface area contributed by atoms with E-state index in [1.54, 1.807) is 49.5 Å². The molecule has 0 radical (unpaired) electrons. The van der Waals surface area contributed by atoms with E-state index in [0.717, 1.165) is 5.56 Å². The zero-order valence-corrected chi connectivity index (χ0v) is 20.2. The molecule has 0 saturated carbocycles. The summed E-state index contributed by atoms with van der Waals surface area (Å²) in [7, 11) is 1.54. The molecule has 3 aromatic rings. The summed E-state index contributed by atoms with van der Waals surface area (Å²) in [4.78, 5) is 27.7. The van der Waals surface area contributed by atoms with Crippen LogP contribution < -0.4 is 10.1 Å². The summed E-state index contributed by atoms with van der Waals surface area (Å²) in [6.07, 6.45) is 0.332. The average molecular weight is 506 g/mol. The van der Waals surface area contributed by atoms with Crippen LogP contribution in [-0.4, -0.2) is 36.4 Å². The molecule has 1 atom stereocenters. The Morgan fingerprint density at radius 1 is 0.939 bits per heavy atom. The van der Waals surface area contributed by atoms with Crippen molar-refractivity contribution in [2.24, 2.45) is 0 Å². The summed E-state index contributed by atoms with van der Waals surface area (Å²) in [6, 6.07) is 20.5. The van der Waals surface area contributed by atoms with Gasteiger partial charge in [-0.15, -0.1) is 0 Å². The minimum Gasteiger partial charge on any atom is -0.484 e. The molecule has 0 aromatic heterocycles. The monoisotopic (exact) mass is 504 g/mol. The second kappa shape index (κ2) is 11.9. The van der Waals surface area contributed by atoms with E-state index in [1.165, 1.54) is 4.90 Å². The lowest BCUT2D eigenvalue weighted by molar-refractivity contribution is -0.142. The molecule has 0 saturated heterocycles. The number of benzene rings is 3. The van der Waals surface area contributed by atoms with Gasteiger partial charge in [-0.3, -0.25) is 9.59 Å². The predicted molar refractivity (Wildman–Crippen MR) is 132 cm³/mol. The van der Waals surface area contributed by atoms with Crippen LogP contribution in [0.5, 0.6) is 5.75 Å². The molecule has 172 valence electrons. The fourth-order valence-corrected chi connectivity index (χ4v) is 3.91. The molecular formula is C25H23Cl3N2O3. The lowest BCUT2D eigenvalue weighted by Crippen LogP contribution is -2.51. The summed E-state index contributed by atoms with van der Waals surface area (Å²) in [5.74, 6) is -0.152. The van der Waals surface area contributed by atoms with Gasteiger partial charge in [-0.1, -0.05) is 71.2 Å². The quantitative estimate of drug-likeness (QED) is 0.423. The highest BCUT2D eigenvalue weighted by molar-refractivity contribution is 6.35. The zero-order valence-electron chi connectivity index (χ0n) is 17.9. The Balaban J connectivity index is 1.89. The number of likely N-dealkylation sites (N-methyl/N-ethyl adjacent to an activating group) is 1. The van der Waals surface area contributed by atoms with Gasteiger partial charge in [0.05, 0.1) is 0 Å². The van der Waals surface area contributed by atoms with Gasteiger partial charge < -0.3 is 15.0 Å². The zero-order chi connectivity index (χ0) is 23.8. The lowest BCUT2D eigenvalue weighted by atomic mass is 10.0. The highest BCUT2D eigenvalue weighted by Gasteiger charge is 2.30. The second-order valence-corrected chi connectivity index (χ2v) is 8.60. The van der Waals surface area contributed by atoms with Gasteiger partial charge in [-0.2, -0.15) is 0 Å². The Morgan fingerprint density at radius 2 is 1.61 bits per heavy atom. The largest absolute Gasteiger partial charge is 0.484 e. The van der Waals surface area contributed by atoms with Gasteiger partial charge in [0.2, 0.25) is 5.91 Å². The summed E-state index contributed by atoms with van der Waals surface area (Å²) >= 11 is 18.3. The van der Waals surface area contributed by atoms with Gasteiger partial charge in [0.25, 0.3) is 5.91 Å². The summed E-state index contributed by atoms with van der Waals surface area (Å²) in [6.45, 7) is -0.140. The minimum atomic E-state index is -0.773. The van der Waals surface area contributed by atoms with Crippen molar-refractivity contribution in [3.05, 3.63) is 99.0 Å². The Hall–Kier alpha value is -2.73. The van der Waals surface area contributed by atoms with Gasteiger partial charge in [-0.25, -0.2) is 0 Å². The smallest absolute Gasteiger partial charge is 0.261 e. The summed E-state index contributed by atoms with van der Waals surface area (Å²) < 4.78 is 5.67. The van der Waals surface area contributed by atoms with Crippen LogP contribution in [0.1, 0.15) is 11.1 Å². The molecule has 3 rings (SSSR count). The molecule has 1 unspecified atom stereocenters. The highest BCUT2D eigenvalue weighted by atomic mass is 35.5. The third kappa shape index (κ3) is 7.13. The molecule has 0 aliphatic heterocycles. The first-order valence-electron chi connectivity index (χ1n) is 10.2. The van der Waals surface area contributed by atoms with E-state index in [9.17, 15) is 9.59 Å². The number of amides is 2. The first-order valence-corrected chi connectivity index (χ1v) is 11.4. The van der Waals surface area contributed by atoms with Gasteiger partial charge in [0, 0.05) is 35.1 Å². The van der Waals surface area contributed by atoms with Crippen molar-refractivity contribution in [3.63, 3.8) is 0 Å². The molecule has 0 heterocycles. The van der Waals surface area contributed by atoms with Gasteiger partial charge in [0.1, 0.15) is 11.8 Å². The SMILES string of the molecule is CNC(=O)C(Cc1ccccc1)N(Cc1ccc(Cl)cc1Cl)C(=O)COc1ccc(Cl)cc1. The standard InChI is InChI=1S/C25H23Cl3N2O3/c1-29-25(32)23(13-17-5-3-2-4-6-17)30(15-18-7-8-20(27)14-22(18)28)24(31)16-33-21-11-9-19(26)10-12-21/h2-12,14,23H,13,15-16H2,1H3,(H,29,32). The number of ether oxygens (including phenoxy) is 1. The number of hydrogen-bond donors (Lipinski definition) is 1. The molecule has 0 aliphatic rings. The van der Waals surface area contributed by atoms with Gasteiger partial charge in [0.15, 0.2) is 6.61 Å². The number of carbonyl (C=O) groups is 2. The van der Waals surface area contributed by atoms with Crippen molar-refractivity contribution in [1.29, 1.82) is 0 Å². The average Bonchev–Trinajstić information content (AvgIpc) is 2.82. The Kier molecular flexibility index (Phi) is 9.01. The van der Waals surface area contributed by atoms with Crippen LogP contribution in [0, 0.1) is 0 Å². The van der Waals surface area contributed by atoms with Crippen molar-refractivity contribution >= 4 is 46.6 Å². The molecule has 1 N–H and O–H groups in total. The van der Waals surface area contributed by atoms with E-state index >= 15 is 0 Å². The topological polar surface area (TPSA) is 58.6 Å². The highest BCUT2D eigenvalue weighted by Crippen LogP contribution is 2.24. The van der Waals surface area contributed by atoms with Crippen molar-refractivity contribution < 1.29 is 14.3 Å². The van der Waals surface area contributed by atoms with E-state index < -0.39 is 6.04 Å². The van der Waals surface area contributed by atoms with Crippen LogP contribution in [0.4, 0.5) is 0 Å². The predicted octanol–water partition coefficient (Wildman–Crippen LogP) is 5.41. The third-order valence-electron chi connectivity index (χ3n) is 5.05. The number of hydrogen-bond acceptors (Lipinski definition) is 3. The maximum absolute atomic E-state index is 13.3. The number of halogens is 3. The van der Waals surface area contributed by atoms with Crippen molar-refractivity contribution in [1.82, 2.24) is 10.2 Å².